The molecule has 1 aromatic heterocycles. The largest absolute Gasteiger partial charge is 0.252 e. The molecule has 15 heavy (non-hydrogen) atoms. The molecule has 1 heterocycles. The summed E-state index contributed by atoms with van der Waals surface area (Å²) in [4.78, 5) is 4.40. The van der Waals surface area contributed by atoms with Crippen LogP contribution in [-0.4, -0.2) is 4.98 Å². The van der Waals surface area contributed by atoms with Gasteiger partial charge in [0.1, 0.15) is 0 Å². The molecule has 1 nitrogen and oxygen atoms in total. The molecular formula is C13H10NP. The highest BCUT2D eigenvalue weighted by molar-refractivity contribution is 7.33. The molecule has 1 atom stereocenters. The van der Waals surface area contributed by atoms with Gasteiger partial charge in [-0.05, 0) is 16.6 Å². The van der Waals surface area contributed by atoms with Crippen LogP contribution in [0.3, 0.4) is 0 Å². The summed E-state index contributed by atoms with van der Waals surface area (Å²) in [5, 5.41) is 2.59. The summed E-state index contributed by atoms with van der Waals surface area (Å²) in [7, 11) is 0.710. The van der Waals surface area contributed by atoms with Crippen LogP contribution in [0.1, 0.15) is 0 Å². The Balaban J connectivity index is 2.36. The number of hydrogen-bond donors (Lipinski definition) is 0. The topological polar surface area (TPSA) is 12.9 Å². The fourth-order valence-corrected chi connectivity index (χ4v) is 2.67. The summed E-state index contributed by atoms with van der Waals surface area (Å²) in [6.45, 7) is 0. The van der Waals surface area contributed by atoms with Gasteiger partial charge in [0.15, 0.2) is 0 Å². The molecule has 0 aliphatic carbocycles. The van der Waals surface area contributed by atoms with E-state index in [9.17, 15) is 0 Å². The Morgan fingerprint density at radius 2 is 1.80 bits per heavy atom. The maximum Gasteiger partial charge on any atom is 0.0864 e. The van der Waals surface area contributed by atoms with Gasteiger partial charge in [-0.1, -0.05) is 42.5 Å². The van der Waals surface area contributed by atoms with Crippen LogP contribution < -0.4 is 0 Å². The summed E-state index contributed by atoms with van der Waals surface area (Å²) in [5.41, 5.74) is 2.48. The van der Waals surface area contributed by atoms with Crippen LogP contribution in [-0.2, 0) is 0 Å². The van der Waals surface area contributed by atoms with E-state index in [0.717, 1.165) is 0 Å². The predicted octanol–water partition coefficient (Wildman–Crippen LogP) is 3.93. The Morgan fingerprint density at radius 3 is 2.67 bits per heavy atom. The quantitative estimate of drug-likeness (QED) is 0.594. The zero-order valence-electron chi connectivity index (χ0n) is 8.14. The highest BCUT2D eigenvalue weighted by atomic mass is 31.0. The van der Waals surface area contributed by atoms with Crippen LogP contribution in [0.15, 0.2) is 54.5 Å². The van der Waals surface area contributed by atoms with Crippen molar-refractivity contribution in [2.24, 2.45) is 0 Å². The third-order valence-electron chi connectivity index (χ3n) is 2.54. The lowest BCUT2D eigenvalue weighted by Crippen LogP contribution is -1.78. The first-order valence-corrected chi connectivity index (χ1v) is 6.00. The van der Waals surface area contributed by atoms with Crippen LogP contribution >= 0.6 is 8.19 Å². The van der Waals surface area contributed by atoms with E-state index in [4.69, 9.17) is 0 Å². The molecular weight excluding hydrogens is 201 g/mol. The minimum atomic E-state index is 0.710. The molecule has 0 saturated carbocycles. The minimum Gasteiger partial charge on any atom is -0.252 e. The first-order chi connectivity index (χ1) is 7.45. The number of hydrogen-bond acceptors (Lipinski definition) is 1. The van der Waals surface area contributed by atoms with Crippen LogP contribution in [0.5, 0.6) is 0 Å². The van der Waals surface area contributed by atoms with Gasteiger partial charge in [-0.2, -0.15) is 0 Å². The second kappa shape index (κ2) is 3.52. The van der Waals surface area contributed by atoms with E-state index in [0.29, 0.717) is 8.19 Å². The number of nitrogens with zero attached hydrogens (tertiary/aromatic N) is 1. The van der Waals surface area contributed by atoms with Crippen LogP contribution in [0.25, 0.3) is 21.8 Å². The monoisotopic (exact) mass is 211 g/mol. The fourth-order valence-electron chi connectivity index (χ4n) is 1.84. The van der Waals surface area contributed by atoms with E-state index in [1.54, 1.807) is 0 Å². The van der Waals surface area contributed by atoms with Gasteiger partial charge < -0.3 is 0 Å². The molecule has 2 heteroatoms. The van der Waals surface area contributed by atoms with E-state index >= 15 is 0 Å². The van der Waals surface area contributed by atoms with Gasteiger partial charge in [-0.25, -0.2) is 0 Å². The molecule has 0 N–H and O–H groups in total. The van der Waals surface area contributed by atoms with Crippen molar-refractivity contribution in [3.8, 4) is 11.0 Å². The normalized spacial score (nSPS) is 11.2. The van der Waals surface area contributed by atoms with Crippen molar-refractivity contribution in [3.05, 3.63) is 54.5 Å². The van der Waals surface area contributed by atoms with Gasteiger partial charge in [0.2, 0.25) is 0 Å². The number of benzene rings is 2. The van der Waals surface area contributed by atoms with E-state index in [-0.39, 0.29) is 0 Å². The van der Waals surface area contributed by atoms with Gasteiger partial charge in [-0.15, -0.1) is 8.19 Å². The zero-order valence-corrected chi connectivity index (χ0v) is 9.14. The van der Waals surface area contributed by atoms with Gasteiger partial charge in [0.05, 0.1) is 5.43 Å². The molecule has 0 radical (unpaired) electrons. The molecule has 0 bridgehead atoms. The lowest BCUT2D eigenvalue weighted by atomic mass is 10.1. The molecule has 0 aliphatic rings. The zero-order chi connectivity index (χ0) is 10.1. The molecule has 1 unspecified atom stereocenters. The summed E-state index contributed by atoms with van der Waals surface area (Å²) < 4.78 is 0. The molecule has 0 fully saturated rings. The molecule has 3 aromatic rings. The van der Waals surface area contributed by atoms with Crippen LogP contribution in [0.2, 0.25) is 0 Å². The predicted molar refractivity (Wildman–Crippen MR) is 66.7 cm³/mol. The first-order valence-electron chi connectivity index (χ1n) is 4.93. The summed E-state index contributed by atoms with van der Waals surface area (Å²) >= 11 is 0. The summed E-state index contributed by atoms with van der Waals surface area (Å²) in [6, 6.07) is 14.9. The molecule has 0 spiro atoms. The molecule has 0 amide bonds. The number of fused-ring (bicyclic) bond motifs is 1. The Hall–Kier alpha value is -1.59. The van der Waals surface area contributed by atoms with Crippen LogP contribution in [0.4, 0.5) is 0 Å². The lowest BCUT2D eigenvalue weighted by Gasteiger charge is -2.03. The Bertz CT molecular complexity index is 579. The van der Waals surface area contributed by atoms with Crippen molar-refractivity contribution in [1.82, 2.24) is 4.98 Å². The number of rotatable bonds is 1. The molecule has 2 aromatic carbocycles. The van der Waals surface area contributed by atoms with Crippen molar-refractivity contribution in [2.45, 2.75) is 0 Å². The van der Waals surface area contributed by atoms with Gasteiger partial charge in [0, 0.05) is 11.8 Å². The van der Waals surface area contributed by atoms with Crippen molar-refractivity contribution in [2.75, 3.05) is 0 Å². The Morgan fingerprint density at radius 1 is 0.933 bits per heavy atom. The summed E-state index contributed by atoms with van der Waals surface area (Å²) in [6.07, 6.45) is 1.90. The van der Waals surface area contributed by atoms with Crippen molar-refractivity contribution in [1.29, 1.82) is 0 Å². The van der Waals surface area contributed by atoms with E-state index in [1.807, 2.05) is 6.20 Å². The van der Waals surface area contributed by atoms with E-state index in [1.165, 1.54) is 21.8 Å². The van der Waals surface area contributed by atoms with Crippen molar-refractivity contribution < 1.29 is 0 Å². The van der Waals surface area contributed by atoms with Gasteiger partial charge >= 0.3 is 0 Å². The summed E-state index contributed by atoms with van der Waals surface area (Å²) in [5.74, 6) is 2.12. The SMILES string of the molecule is c1ccc2c(-c3ncc[pH]3)cccc2c1. The standard InChI is InChI=1S/C13H10NP/c1-2-6-11-10(4-1)5-3-7-12(11)13-14-8-9-15-13/h1-9,15H. The third kappa shape index (κ3) is 1.45. The first kappa shape index (κ1) is 8.70. The number of aromatic nitrogens is 1. The fraction of sp³-hybridized carbons (Fsp3) is 0. The molecule has 0 aliphatic heterocycles. The van der Waals surface area contributed by atoms with E-state index in [2.05, 4.69) is 53.2 Å². The second-order valence-electron chi connectivity index (χ2n) is 3.46. The molecule has 72 valence electrons. The maximum absolute atomic E-state index is 4.40. The van der Waals surface area contributed by atoms with Gasteiger partial charge in [0.25, 0.3) is 0 Å². The lowest BCUT2D eigenvalue weighted by molar-refractivity contribution is 1.42. The average molecular weight is 211 g/mol. The van der Waals surface area contributed by atoms with Crippen molar-refractivity contribution in [3.63, 3.8) is 0 Å². The maximum atomic E-state index is 4.40. The van der Waals surface area contributed by atoms with Crippen LogP contribution in [0, 0.1) is 0 Å². The average Bonchev–Trinajstić information content (AvgIpc) is 2.82. The smallest absolute Gasteiger partial charge is 0.0864 e. The third-order valence-corrected chi connectivity index (χ3v) is 3.53. The molecule has 0 saturated heterocycles. The Labute approximate surface area is 89.9 Å². The van der Waals surface area contributed by atoms with Crippen molar-refractivity contribution >= 4 is 19.0 Å². The minimum absolute atomic E-state index is 0.710. The highest BCUT2D eigenvalue weighted by Crippen LogP contribution is 2.31. The second-order valence-corrected chi connectivity index (χ2v) is 4.56. The van der Waals surface area contributed by atoms with E-state index < -0.39 is 0 Å². The molecule has 3 rings (SSSR count). The van der Waals surface area contributed by atoms with Gasteiger partial charge in [-0.3, -0.25) is 4.98 Å². The Kier molecular flexibility index (Phi) is 2.04. The highest BCUT2D eigenvalue weighted by Gasteiger charge is 2.03.